The minimum absolute atomic E-state index is 0.0183. The number of nitrogens with zero attached hydrogens (tertiary/aromatic N) is 1. The number of aromatic amines is 1. The third kappa shape index (κ3) is 4.46. The predicted octanol–water partition coefficient (Wildman–Crippen LogP) is 5.67. The Labute approximate surface area is 172 Å². The molecular weight excluding hydrogens is 386 g/mol. The number of carbonyl (C=O) groups is 1. The Bertz CT molecular complexity index is 1050. The van der Waals surface area contributed by atoms with E-state index in [1.165, 1.54) is 11.8 Å². The minimum Gasteiger partial charge on any atom is -0.463 e. The molecule has 29 heavy (non-hydrogen) atoms. The lowest BCUT2D eigenvalue weighted by Crippen LogP contribution is -2.13. The number of carbonyl (C=O) groups excluding carboxylic acids is 1. The summed E-state index contributed by atoms with van der Waals surface area (Å²) in [6, 6.07) is 13.4. The second-order valence-corrected chi connectivity index (χ2v) is 7.77. The van der Waals surface area contributed by atoms with Gasteiger partial charge in [-0.1, -0.05) is 23.9 Å². The molecule has 0 aliphatic carbocycles. The van der Waals surface area contributed by atoms with Crippen molar-refractivity contribution in [2.24, 2.45) is 0 Å². The topological polar surface area (TPSA) is 84.1 Å². The monoisotopic (exact) mass is 407 g/mol. The number of rotatable bonds is 7. The number of benzene rings is 1. The highest BCUT2D eigenvalue weighted by atomic mass is 32.2. The van der Waals surface area contributed by atoms with Gasteiger partial charge in [0.1, 0.15) is 11.4 Å². The SMILES string of the molecule is Cc1ccc(C)c(NC(=O)CCSc2nc(-c3ccco3)c(-c3ccco3)[nH]2)c1. The van der Waals surface area contributed by atoms with Crippen molar-refractivity contribution in [3.63, 3.8) is 0 Å². The van der Waals surface area contributed by atoms with E-state index in [-0.39, 0.29) is 5.91 Å². The van der Waals surface area contributed by atoms with Gasteiger partial charge in [-0.3, -0.25) is 4.79 Å². The molecule has 4 rings (SSSR count). The van der Waals surface area contributed by atoms with Gasteiger partial charge in [0.05, 0.1) is 12.5 Å². The summed E-state index contributed by atoms with van der Waals surface area (Å²) in [4.78, 5) is 20.2. The second kappa shape index (κ2) is 8.45. The maximum Gasteiger partial charge on any atom is 0.225 e. The molecule has 6 nitrogen and oxygen atoms in total. The second-order valence-electron chi connectivity index (χ2n) is 6.69. The molecule has 0 fully saturated rings. The number of amides is 1. The molecule has 0 aliphatic rings. The van der Waals surface area contributed by atoms with Crippen molar-refractivity contribution in [3.8, 4) is 22.9 Å². The number of aryl methyl sites for hydroxylation is 2. The molecule has 1 aromatic carbocycles. The summed E-state index contributed by atoms with van der Waals surface area (Å²) >= 11 is 1.49. The Balaban J connectivity index is 1.42. The van der Waals surface area contributed by atoms with Gasteiger partial charge in [-0.05, 0) is 55.3 Å². The summed E-state index contributed by atoms with van der Waals surface area (Å²) < 4.78 is 11.0. The predicted molar refractivity (Wildman–Crippen MR) is 114 cm³/mol. The van der Waals surface area contributed by atoms with Crippen molar-refractivity contribution in [1.82, 2.24) is 9.97 Å². The van der Waals surface area contributed by atoms with Gasteiger partial charge < -0.3 is 19.1 Å². The molecule has 3 aromatic heterocycles. The van der Waals surface area contributed by atoms with Crippen molar-refractivity contribution in [3.05, 3.63) is 66.1 Å². The molecule has 0 atom stereocenters. The Hall–Kier alpha value is -3.19. The fraction of sp³-hybridized carbons (Fsp3) is 0.182. The minimum atomic E-state index is -0.0183. The van der Waals surface area contributed by atoms with Crippen LogP contribution in [0.1, 0.15) is 17.5 Å². The standard InChI is InChI=1S/C22H21N3O3S/c1-14-7-8-15(2)16(13-14)23-19(26)9-12-29-22-24-20(17-5-3-10-27-17)21(25-22)18-6-4-11-28-18/h3-8,10-11,13H,9,12H2,1-2H3,(H,23,26)(H,24,25). The van der Waals surface area contributed by atoms with E-state index in [0.29, 0.717) is 34.5 Å². The lowest BCUT2D eigenvalue weighted by molar-refractivity contribution is -0.115. The zero-order chi connectivity index (χ0) is 20.2. The van der Waals surface area contributed by atoms with Crippen LogP contribution in [-0.2, 0) is 4.79 Å². The number of anilines is 1. The molecule has 0 saturated carbocycles. The van der Waals surface area contributed by atoms with Crippen LogP contribution >= 0.6 is 11.8 Å². The molecule has 2 N–H and O–H groups in total. The van der Waals surface area contributed by atoms with Crippen molar-refractivity contribution in [1.29, 1.82) is 0 Å². The van der Waals surface area contributed by atoms with Gasteiger partial charge in [0, 0.05) is 17.9 Å². The maximum atomic E-state index is 12.3. The van der Waals surface area contributed by atoms with Crippen LogP contribution in [0.5, 0.6) is 0 Å². The number of H-pyrrole nitrogens is 1. The normalized spacial score (nSPS) is 11.0. The molecule has 0 bridgehead atoms. The van der Waals surface area contributed by atoms with E-state index in [2.05, 4.69) is 15.3 Å². The molecule has 0 spiro atoms. The zero-order valence-electron chi connectivity index (χ0n) is 16.2. The number of aromatic nitrogens is 2. The highest BCUT2D eigenvalue weighted by Crippen LogP contribution is 2.33. The Morgan fingerprint density at radius 2 is 1.86 bits per heavy atom. The quantitative estimate of drug-likeness (QED) is 0.386. The van der Waals surface area contributed by atoms with Gasteiger partial charge in [0.15, 0.2) is 16.7 Å². The maximum absolute atomic E-state index is 12.3. The van der Waals surface area contributed by atoms with E-state index in [9.17, 15) is 4.79 Å². The number of imidazole rings is 1. The fourth-order valence-electron chi connectivity index (χ4n) is 2.93. The molecule has 7 heteroatoms. The number of furan rings is 2. The van der Waals surface area contributed by atoms with Gasteiger partial charge in [0.2, 0.25) is 5.91 Å². The lowest BCUT2D eigenvalue weighted by atomic mass is 10.1. The number of thioether (sulfide) groups is 1. The average Bonchev–Trinajstić information content (AvgIpc) is 3.45. The number of nitrogens with one attached hydrogen (secondary N) is 2. The van der Waals surface area contributed by atoms with Crippen molar-refractivity contribution in [2.75, 3.05) is 11.1 Å². The lowest BCUT2D eigenvalue weighted by Gasteiger charge is -2.09. The molecule has 4 aromatic rings. The van der Waals surface area contributed by atoms with Gasteiger partial charge >= 0.3 is 0 Å². The summed E-state index contributed by atoms with van der Waals surface area (Å²) in [7, 11) is 0. The van der Waals surface area contributed by atoms with Gasteiger partial charge in [0.25, 0.3) is 0 Å². The number of hydrogen-bond acceptors (Lipinski definition) is 5. The highest BCUT2D eigenvalue weighted by molar-refractivity contribution is 7.99. The fourth-order valence-corrected chi connectivity index (χ4v) is 3.75. The third-order valence-corrected chi connectivity index (χ3v) is 5.31. The van der Waals surface area contributed by atoms with E-state index in [4.69, 9.17) is 8.83 Å². The molecule has 1 amide bonds. The average molecular weight is 407 g/mol. The molecule has 0 saturated heterocycles. The van der Waals surface area contributed by atoms with Crippen LogP contribution in [0.2, 0.25) is 0 Å². The Kier molecular flexibility index (Phi) is 5.57. The molecule has 0 radical (unpaired) electrons. The van der Waals surface area contributed by atoms with Crippen molar-refractivity contribution in [2.45, 2.75) is 25.4 Å². The van der Waals surface area contributed by atoms with Crippen LogP contribution in [-0.4, -0.2) is 21.6 Å². The van der Waals surface area contributed by atoms with Crippen LogP contribution in [0.4, 0.5) is 5.69 Å². The van der Waals surface area contributed by atoms with Crippen molar-refractivity contribution >= 4 is 23.4 Å². The Morgan fingerprint density at radius 3 is 2.59 bits per heavy atom. The first kappa shape index (κ1) is 19.1. The van der Waals surface area contributed by atoms with Crippen LogP contribution in [0.3, 0.4) is 0 Å². The summed E-state index contributed by atoms with van der Waals surface area (Å²) in [5, 5.41) is 3.70. The number of hydrogen-bond donors (Lipinski definition) is 2. The van der Waals surface area contributed by atoms with Crippen LogP contribution in [0.25, 0.3) is 22.9 Å². The molecule has 148 valence electrons. The van der Waals surface area contributed by atoms with E-state index in [1.54, 1.807) is 12.5 Å². The summed E-state index contributed by atoms with van der Waals surface area (Å²) in [6.07, 6.45) is 3.61. The summed E-state index contributed by atoms with van der Waals surface area (Å²) in [5.74, 6) is 1.92. The van der Waals surface area contributed by atoms with E-state index in [1.807, 2.05) is 56.3 Å². The van der Waals surface area contributed by atoms with E-state index < -0.39 is 0 Å². The smallest absolute Gasteiger partial charge is 0.225 e. The van der Waals surface area contributed by atoms with Crippen LogP contribution in [0.15, 0.2) is 69.0 Å². The highest BCUT2D eigenvalue weighted by Gasteiger charge is 2.18. The summed E-state index contributed by atoms with van der Waals surface area (Å²) in [5.41, 5.74) is 4.47. The molecular formula is C22H21N3O3S. The third-order valence-electron chi connectivity index (χ3n) is 4.44. The Morgan fingerprint density at radius 1 is 1.10 bits per heavy atom. The van der Waals surface area contributed by atoms with Crippen LogP contribution < -0.4 is 5.32 Å². The van der Waals surface area contributed by atoms with E-state index in [0.717, 1.165) is 22.5 Å². The van der Waals surface area contributed by atoms with Gasteiger partial charge in [-0.2, -0.15) is 0 Å². The first-order valence-corrected chi connectivity index (χ1v) is 10.3. The largest absolute Gasteiger partial charge is 0.463 e. The zero-order valence-corrected chi connectivity index (χ0v) is 17.0. The van der Waals surface area contributed by atoms with Gasteiger partial charge in [-0.25, -0.2) is 4.98 Å². The summed E-state index contributed by atoms with van der Waals surface area (Å²) in [6.45, 7) is 3.99. The van der Waals surface area contributed by atoms with Crippen molar-refractivity contribution < 1.29 is 13.6 Å². The molecule has 3 heterocycles. The van der Waals surface area contributed by atoms with Crippen LogP contribution in [0, 0.1) is 13.8 Å². The first-order valence-electron chi connectivity index (χ1n) is 9.28. The van der Waals surface area contributed by atoms with E-state index >= 15 is 0 Å². The molecule has 0 aliphatic heterocycles. The first-order chi connectivity index (χ1) is 14.1. The van der Waals surface area contributed by atoms with Gasteiger partial charge in [-0.15, -0.1) is 0 Å². The molecule has 0 unspecified atom stereocenters.